The summed E-state index contributed by atoms with van der Waals surface area (Å²) in [4.78, 5) is 40.2. The number of amides is 2. The molecule has 2 aromatic carbocycles. The first-order valence-corrected chi connectivity index (χ1v) is 9.65. The number of esters is 1. The summed E-state index contributed by atoms with van der Waals surface area (Å²) in [5, 5.41) is 2.69. The van der Waals surface area contributed by atoms with Crippen molar-refractivity contribution in [3.8, 4) is 5.75 Å². The number of benzene rings is 2. The van der Waals surface area contributed by atoms with Gasteiger partial charge in [0.15, 0.2) is 5.11 Å². The Hall–Kier alpha value is -3.53. The highest BCUT2D eigenvalue weighted by Gasteiger charge is 2.45. The van der Waals surface area contributed by atoms with E-state index in [1.807, 2.05) is 0 Å². The van der Waals surface area contributed by atoms with Crippen LogP contribution in [0.1, 0.15) is 6.42 Å². The monoisotopic (exact) mass is 445 g/mol. The molecule has 2 amide bonds. The highest BCUT2D eigenvalue weighted by molar-refractivity contribution is 7.80. The van der Waals surface area contributed by atoms with Crippen molar-refractivity contribution in [2.75, 3.05) is 31.0 Å². The van der Waals surface area contributed by atoms with Crippen LogP contribution in [-0.4, -0.2) is 54.6 Å². The summed E-state index contributed by atoms with van der Waals surface area (Å²) in [6.07, 6.45) is -0.264. The Labute approximate surface area is 183 Å². The van der Waals surface area contributed by atoms with Crippen molar-refractivity contribution in [3.05, 3.63) is 54.3 Å². The van der Waals surface area contributed by atoms with E-state index in [4.69, 9.17) is 21.7 Å². The van der Waals surface area contributed by atoms with Crippen molar-refractivity contribution < 1.29 is 28.2 Å². The Bertz CT molecular complexity index is 997. The van der Waals surface area contributed by atoms with E-state index in [9.17, 15) is 18.8 Å². The van der Waals surface area contributed by atoms with E-state index in [1.54, 1.807) is 24.3 Å². The SMILES string of the molecule is COC(=O)CN1C(=S)N(c2ccc(OC)cc2)C(=O)[C@H]1CC(=O)Nc1ccc(F)cc1. The van der Waals surface area contributed by atoms with Gasteiger partial charge < -0.3 is 19.7 Å². The van der Waals surface area contributed by atoms with Crippen LogP contribution in [-0.2, 0) is 19.1 Å². The number of anilines is 2. The second-order valence-corrected chi connectivity index (χ2v) is 7.00. The molecule has 1 fully saturated rings. The van der Waals surface area contributed by atoms with Crippen LogP contribution < -0.4 is 15.0 Å². The predicted molar refractivity (Wildman–Crippen MR) is 115 cm³/mol. The van der Waals surface area contributed by atoms with Crippen LogP contribution in [0.4, 0.5) is 15.8 Å². The van der Waals surface area contributed by atoms with Gasteiger partial charge >= 0.3 is 5.97 Å². The van der Waals surface area contributed by atoms with Crippen molar-refractivity contribution in [2.45, 2.75) is 12.5 Å². The molecular weight excluding hydrogens is 425 g/mol. The number of carbonyl (C=O) groups excluding carboxylic acids is 3. The minimum absolute atomic E-state index is 0.0835. The molecule has 0 saturated carbocycles. The quantitative estimate of drug-likeness (QED) is 0.517. The van der Waals surface area contributed by atoms with Gasteiger partial charge in [0, 0.05) is 5.69 Å². The summed E-state index contributed by atoms with van der Waals surface area (Å²) in [5.41, 5.74) is 0.859. The fourth-order valence-corrected chi connectivity index (χ4v) is 3.49. The van der Waals surface area contributed by atoms with Crippen molar-refractivity contribution in [1.29, 1.82) is 0 Å². The molecule has 162 valence electrons. The Kier molecular flexibility index (Phi) is 6.81. The number of nitrogens with one attached hydrogen (secondary N) is 1. The molecule has 1 aliphatic heterocycles. The molecule has 0 aliphatic carbocycles. The van der Waals surface area contributed by atoms with Crippen molar-refractivity contribution in [1.82, 2.24) is 4.90 Å². The zero-order chi connectivity index (χ0) is 22.5. The van der Waals surface area contributed by atoms with Gasteiger partial charge in [0.05, 0.1) is 26.3 Å². The molecule has 0 radical (unpaired) electrons. The lowest BCUT2D eigenvalue weighted by Gasteiger charge is -2.22. The van der Waals surface area contributed by atoms with Gasteiger partial charge in [0.2, 0.25) is 5.91 Å². The highest BCUT2D eigenvalue weighted by Crippen LogP contribution is 2.28. The Morgan fingerprint density at radius 2 is 1.74 bits per heavy atom. The van der Waals surface area contributed by atoms with Crippen LogP contribution in [0.2, 0.25) is 0 Å². The zero-order valence-corrected chi connectivity index (χ0v) is 17.6. The molecule has 8 nitrogen and oxygen atoms in total. The standard InChI is InChI=1S/C21H20FN3O5S/c1-29-16-9-7-15(8-10-16)25-20(28)17(24(21(25)31)12-19(27)30-2)11-18(26)23-14-5-3-13(22)4-6-14/h3-10,17H,11-12H2,1-2H3,(H,23,26)/t17-/m1/s1. The van der Waals surface area contributed by atoms with E-state index in [-0.39, 0.29) is 18.1 Å². The maximum atomic E-state index is 13.2. The summed E-state index contributed by atoms with van der Waals surface area (Å²) < 4.78 is 22.9. The molecule has 1 N–H and O–H groups in total. The minimum Gasteiger partial charge on any atom is -0.497 e. The van der Waals surface area contributed by atoms with Gasteiger partial charge in [-0.25, -0.2) is 4.39 Å². The molecule has 1 saturated heterocycles. The van der Waals surface area contributed by atoms with E-state index in [1.165, 1.54) is 48.3 Å². The maximum Gasteiger partial charge on any atom is 0.325 e. The first-order chi connectivity index (χ1) is 14.8. The molecule has 1 heterocycles. The maximum absolute atomic E-state index is 13.2. The predicted octanol–water partition coefficient (Wildman–Crippen LogP) is 2.34. The lowest BCUT2D eigenvalue weighted by Crippen LogP contribution is -2.41. The molecule has 2 aromatic rings. The first-order valence-electron chi connectivity index (χ1n) is 9.25. The van der Waals surface area contributed by atoms with Crippen LogP contribution in [0.25, 0.3) is 0 Å². The van der Waals surface area contributed by atoms with Gasteiger partial charge in [-0.05, 0) is 60.7 Å². The molecule has 31 heavy (non-hydrogen) atoms. The minimum atomic E-state index is -1.01. The number of hydrogen-bond acceptors (Lipinski definition) is 6. The third kappa shape index (κ3) is 4.97. The smallest absolute Gasteiger partial charge is 0.325 e. The van der Waals surface area contributed by atoms with Crippen LogP contribution in [0, 0.1) is 5.82 Å². The molecule has 1 atom stereocenters. The molecule has 10 heteroatoms. The van der Waals surface area contributed by atoms with Gasteiger partial charge in [0.25, 0.3) is 5.91 Å². The van der Waals surface area contributed by atoms with Gasteiger partial charge in [0.1, 0.15) is 24.2 Å². The van der Waals surface area contributed by atoms with Crippen LogP contribution in [0.15, 0.2) is 48.5 Å². The lowest BCUT2D eigenvalue weighted by atomic mass is 10.1. The summed E-state index contributed by atoms with van der Waals surface area (Å²) in [5.74, 6) is -1.38. The second kappa shape index (κ2) is 9.52. The van der Waals surface area contributed by atoms with E-state index in [2.05, 4.69) is 5.32 Å². The third-order valence-electron chi connectivity index (χ3n) is 4.68. The molecular formula is C21H20FN3O5S. The molecule has 0 spiro atoms. The topological polar surface area (TPSA) is 88.2 Å². The number of carbonyl (C=O) groups is 3. The Morgan fingerprint density at radius 3 is 2.32 bits per heavy atom. The van der Waals surface area contributed by atoms with E-state index >= 15 is 0 Å². The second-order valence-electron chi connectivity index (χ2n) is 6.63. The first kappa shape index (κ1) is 22.2. The Morgan fingerprint density at radius 1 is 1.10 bits per heavy atom. The van der Waals surface area contributed by atoms with Gasteiger partial charge in [-0.3, -0.25) is 19.3 Å². The van der Waals surface area contributed by atoms with Crippen molar-refractivity contribution in [2.24, 2.45) is 0 Å². The number of ether oxygens (including phenoxy) is 2. The van der Waals surface area contributed by atoms with Crippen LogP contribution in [0.3, 0.4) is 0 Å². The summed E-state index contributed by atoms with van der Waals surface area (Å²) in [6, 6.07) is 10.9. The number of hydrogen-bond donors (Lipinski definition) is 1. The van der Waals surface area contributed by atoms with Gasteiger partial charge in [-0.1, -0.05) is 0 Å². The fraction of sp³-hybridized carbons (Fsp3) is 0.238. The van der Waals surface area contributed by atoms with E-state index < -0.39 is 29.6 Å². The molecule has 1 aliphatic rings. The molecule has 0 aromatic heterocycles. The van der Waals surface area contributed by atoms with Gasteiger partial charge in [-0.2, -0.15) is 0 Å². The number of halogens is 1. The summed E-state index contributed by atoms with van der Waals surface area (Å²) >= 11 is 5.44. The number of rotatable bonds is 7. The molecule has 0 unspecified atom stereocenters. The summed E-state index contributed by atoms with van der Waals surface area (Å²) in [6.45, 7) is -0.289. The number of thiocarbonyl (C=S) groups is 1. The Balaban J connectivity index is 1.83. The van der Waals surface area contributed by atoms with Crippen LogP contribution in [0.5, 0.6) is 5.75 Å². The number of nitrogens with zero attached hydrogens (tertiary/aromatic N) is 2. The highest BCUT2D eigenvalue weighted by atomic mass is 32.1. The fourth-order valence-electron chi connectivity index (χ4n) is 3.11. The average Bonchev–Trinajstić information content (AvgIpc) is 2.99. The summed E-state index contributed by atoms with van der Waals surface area (Å²) in [7, 11) is 2.75. The van der Waals surface area contributed by atoms with E-state index in [0.29, 0.717) is 17.1 Å². The lowest BCUT2D eigenvalue weighted by molar-refractivity contribution is -0.141. The van der Waals surface area contributed by atoms with E-state index in [0.717, 1.165) is 0 Å². The van der Waals surface area contributed by atoms with Crippen molar-refractivity contribution >= 4 is 46.5 Å². The largest absolute Gasteiger partial charge is 0.497 e. The van der Waals surface area contributed by atoms with Gasteiger partial charge in [-0.15, -0.1) is 0 Å². The normalized spacial score (nSPS) is 15.8. The number of methoxy groups -OCH3 is 2. The molecule has 3 rings (SSSR count). The third-order valence-corrected chi connectivity index (χ3v) is 5.10. The molecule has 0 bridgehead atoms. The zero-order valence-electron chi connectivity index (χ0n) is 16.8. The van der Waals surface area contributed by atoms with Crippen molar-refractivity contribution in [3.63, 3.8) is 0 Å². The average molecular weight is 445 g/mol. The van der Waals surface area contributed by atoms with Crippen LogP contribution >= 0.6 is 12.2 Å².